The number of hydrogen-bond donors (Lipinski definition) is 3. The normalized spacial score (nSPS) is 11.1. The van der Waals surface area contributed by atoms with Gasteiger partial charge in [0.25, 0.3) is 0 Å². The van der Waals surface area contributed by atoms with Crippen molar-refractivity contribution in [3.05, 3.63) is 64.3 Å². The molecule has 2 heterocycles. The fourth-order valence-corrected chi connectivity index (χ4v) is 3.82. The molecule has 0 saturated carbocycles. The van der Waals surface area contributed by atoms with Crippen molar-refractivity contribution in [1.82, 2.24) is 25.5 Å². The average Bonchev–Trinajstić information content (AvgIpc) is 3.22. The number of rotatable bonds is 8. The Morgan fingerprint density at radius 1 is 1.06 bits per heavy atom. The molecule has 160 valence electrons. The van der Waals surface area contributed by atoms with Crippen molar-refractivity contribution in [1.29, 1.82) is 0 Å². The number of benzene rings is 2. The average molecular weight is 438 g/mol. The molecule has 0 bridgehead atoms. The van der Waals surface area contributed by atoms with Crippen molar-refractivity contribution in [2.75, 3.05) is 20.5 Å². The Labute approximate surface area is 183 Å². The lowest BCUT2D eigenvalue weighted by atomic mass is 10.0. The summed E-state index contributed by atoms with van der Waals surface area (Å²) in [5.74, 6) is 1.99. The summed E-state index contributed by atoms with van der Waals surface area (Å²) in [6, 6.07) is 14.1. The van der Waals surface area contributed by atoms with E-state index in [-0.39, 0.29) is 5.69 Å². The highest BCUT2D eigenvalue weighted by molar-refractivity contribution is 7.98. The molecule has 31 heavy (non-hydrogen) atoms. The predicted molar refractivity (Wildman–Crippen MR) is 122 cm³/mol. The van der Waals surface area contributed by atoms with E-state index in [1.165, 1.54) is 0 Å². The summed E-state index contributed by atoms with van der Waals surface area (Å²) in [4.78, 5) is 20.0. The number of nitrogens with one attached hydrogen (secondary N) is 3. The number of aromatic amines is 2. The van der Waals surface area contributed by atoms with Crippen LogP contribution in [0.3, 0.4) is 0 Å². The molecule has 4 rings (SSSR count). The van der Waals surface area contributed by atoms with Crippen LogP contribution in [-0.2, 0) is 13.1 Å². The van der Waals surface area contributed by atoms with E-state index in [0.717, 1.165) is 38.4 Å². The number of H-pyrrole nitrogens is 2. The van der Waals surface area contributed by atoms with Gasteiger partial charge in [0.2, 0.25) is 0 Å². The zero-order chi connectivity index (χ0) is 21.8. The molecule has 0 aliphatic heterocycles. The minimum atomic E-state index is -0.324. The summed E-state index contributed by atoms with van der Waals surface area (Å²) in [7, 11) is 3.28. The van der Waals surface area contributed by atoms with Crippen LogP contribution in [0.5, 0.6) is 11.5 Å². The Kier molecular flexibility index (Phi) is 6.24. The van der Waals surface area contributed by atoms with Crippen LogP contribution in [0.4, 0.5) is 0 Å². The summed E-state index contributed by atoms with van der Waals surface area (Å²) >= 11 is 1.68. The Morgan fingerprint density at radius 3 is 2.65 bits per heavy atom. The van der Waals surface area contributed by atoms with E-state index in [1.807, 2.05) is 24.5 Å². The quantitative estimate of drug-likeness (QED) is 0.363. The summed E-state index contributed by atoms with van der Waals surface area (Å²) in [6.45, 7) is 0.939. The van der Waals surface area contributed by atoms with Gasteiger partial charge in [0, 0.05) is 22.4 Å². The molecule has 0 aliphatic rings. The summed E-state index contributed by atoms with van der Waals surface area (Å²) in [5.41, 5.74) is 3.24. The molecular weight excluding hydrogens is 414 g/mol. The third-order valence-corrected chi connectivity index (χ3v) is 5.65. The smallest absolute Gasteiger partial charge is 0.340 e. The van der Waals surface area contributed by atoms with Crippen molar-refractivity contribution in [2.24, 2.45) is 0 Å². The van der Waals surface area contributed by atoms with Crippen LogP contribution in [0.25, 0.3) is 22.2 Å². The van der Waals surface area contributed by atoms with E-state index in [1.54, 1.807) is 26.0 Å². The third kappa shape index (κ3) is 4.57. The van der Waals surface area contributed by atoms with E-state index in [4.69, 9.17) is 14.5 Å². The standard InChI is InChI=1S/C22H23N5O3S/c1-29-15-5-7-19(30-2)17(9-15)21-14(11-23-12-20-25-22(28)27-26-20)8-13-4-6-16(31-3)10-18(13)24-21/h4-10,23H,11-12H2,1-3H3,(H2,25,26,27,28). The SMILES string of the molecule is COc1ccc(OC)c(-c2nc3cc(SC)ccc3cc2CNCc2n[nH]c(=O)[nH]2)c1. The van der Waals surface area contributed by atoms with Gasteiger partial charge in [0.05, 0.1) is 32.0 Å². The second kappa shape index (κ2) is 9.23. The number of pyridine rings is 1. The van der Waals surface area contributed by atoms with E-state index in [0.29, 0.717) is 24.7 Å². The van der Waals surface area contributed by atoms with Crippen LogP contribution in [0.15, 0.2) is 52.2 Å². The van der Waals surface area contributed by atoms with Gasteiger partial charge in [-0.3, -0.25) is 4.98 Å². The fraction of sp³-hybridized carbons (Fsp3) is 0.227. The minimum Gasteiger partial charge on any atom is -0.497 e. The molecular formula is C22H23N5O3S. The van der Waals surface area contributed by atoms with Crippen molar-refractivity contribution in [2.45, 2.75) is 18.0 Å². The van der Waals surface area contributed by atoms with Crippen molar-refractivity contribution < 1.29 is 9.47 Å². The van der Waals surface area contributed by atoms with Gasteiger partial charge >= 0.3 is 5.69 Å². The number of ether oxygens (including phenoxy) is 2. The number of fused-ring (bicyclic) bond motifs is 1. The molecule has 0 amide bonds. The number of nitrogens with zero attached hydrogens (tertiary/aromatic N) is 2. The third-order valence-electron chi connectivity index (χ3n) is 4.92. The molecule has 9 heteroatoms. The van der Waals surface area contributed by atoms with Gasteiger partial charge in [-0.1, -0.05) is 6.07 Å². The topological polar surface area (TPSA) is 105 Å². The van der Waals surface area contributed by atoms with Gasteiger partial charge < -0.3 is 14.8 Å². The summed E-state index contributed by atoms with van der Waals surface area (Å²) in [5, 5.41) is 10.7. The predicted octanol–water partition coefficient (Wildman–Crippen LogP) is 3.34. The second-order valence-electron chi connectivity index (χ2n) is 6.85. The van der Waals surface area contributed by atoms with Crippen molar-refractivity contribution in [3.8, 4) is 22.8 Å². The first kappa shape index (κ1) is 21.0. The molecule has 2 aromatic carbocycles. The molecule has 0 saturated heterocycles. The molecule has 4 aromatic rings. The molecule has 0 spiro atoms. The molecule has 8 nitrogen and oxygen atoms in total. The van der Waals surface area contributed by atoms with Crippen LogP contribution < -0.4 is 20.5 Å². The van der Waals surface area contributed by atoms with Gasteiger partial charge in [-0.15, -0.1) is 11.8 Å². The molecule has 2 aromatic heterocycles. The van der Waals surface area contributed by atoms with Gasteiger partial charge in [0.15, 0.2) is 0 Å². The van der Waals surface area contributed by atoms with E-state index >= 15 is 0 Å². The van der Waals surface area contributed by atoms with Crippen molar-refractivity contribution in [3.63, 3.8) is 0 Å². The Bertz CT molecular complexity index is 1270. The Morgan fingerprint density at radius 2 is 1.94 bits per heavy atom. The molecule has 0 fully saturated rings. The van der Waals surface area contributed by atoms with E-state index in [2.05, 4.69) is 44.8 Å². The van der Waals surface area contributed by atoms with E-state index < -0.39 is 0 Å². The highest BCUT2D eigenvalue weighted by atomic mass is 32.2. The highest BCUT2D eigenvalue weighted by Crippen LogP contribution is 2.36. The molecule has 3 N–H and O–H groups in total. The molecule has 0 radical (unpaired) electrons. The lowest BCUT2D eigenvalue weighted by Crippen LogP contribution is -2.15. The summed E-state index contributed by atoms with van der Waals surface area (Å²) in [6.07, 6.45) is 2.05. The van der Waals surface area contributed by atoms with E-state index in [9.17, 15) is 4.79 Å². The number of methoxy groups -OCH3 is 2. The monoisotopic (exact) mass is 437 g/mol. The Balaban J connectivity index is 1.78. The van der Waals surface area contributed by atoms with Crippen LogP contribution >= 0.6 is 11.8 Å². The van der Waals surface area contributed by atoms with Crippen LogP contribution in [-0.4, -0.2) is 40.6 Å². The van der Waals surface area contributed by atoms with Gasteiger partial charge in [-0.25, -0.2) is 14.9 Å². The zero-order valence-corrected chi connectivity index (χ0v) is 18.3. The largest absolute Gasteiger partial charge is 0.497 e. The first-order chi connectivity index (χ1) is 15.1. The lowest BCUT2D eigenvalue weighted by molar-refractivity contribution is 0.404. The van der Waals surface area contributed by atoms with Crippen molar-refractivity contribution >= 4 is 22.7 Å². The Hall–Kier alpha value is -3.30. The first-order valence-corrected chi connectivity index (χ1v) is 10.9. The van der Waals surface area contributed by atoms with Gasteiger partial charge in [-0.05, 0) is 48.2 Å². The maximum absolute atomic E-state index is 11.3. The van der Waals surface area contributed by atoms with Crippen LogP contribution in [0, 0.1) is 0 Å². The molecule has 0 atom stereocenters. The number of aromatic nitrogens is 4. The zero-order valence-electron chi connectivity index (χ0n) is 17.5. The minimum absolute atomic E-state index is 0.324. The molecule has 0 aliphatic carbocycles. The van der Waals surface area contributed by atoms with Crippen LogP contribution in [0.2, 0.25) is 0 Å². The second-order valence-corrected chi connectivity index (χ2v) is 7.73. The maximum atomic E-state index is 11.3. The van der Waals surface area contributed by atoms with Gasteiger partial charge in [-0.2, -0.15) is 5.10 Å². The lowest BCUT2D eigenvalue weighted by Gasteiger charge is -2.15. The number of hydrogen-bond acceptors (Lipinski definition) is 7. The fourth-order valence-electron chi connectivity index (χ4n) is 3.39. The number of thioether (sulfide) groups is 1. The highest BCUT2D eigenvalue weighted by Gasteiger charge is 2.15. The maximum Gasteiger partial charge on any atom is 0.340 e. The first-order valence-electron chi connectivity index (χ1n) is 9.65. The molecule has 0 unspecified atom stereocenters. The summed E-state index contributed by atoms with van der Waals surface area (Å²) < 4.78 is 11.0. The van der Waals surface area contributed by atoms with Gasteiger partial charge in [0.1, 0.15) is 17.3 Å². The van der Waals surface area contributed by atoms with Crippen LogP contribution in [0.1, 0.15) is 11.4 Å².